The van der Waals surface area contributed by atoms with Crippen molar-refractivity contribution in [2.24, 2.45) is 0 Å². The summed E-state index contributed by atoms with van der Waals surface area (Å²) in [4.78, 5) is 151. The van der Waals surface area contributed by atoms with E-state index in [0.717, 1.165) is 0 Å². The van der Waals surface area contributed by atoms with Gasteiger partial charge in [-0.05, 0) is 130 Å². The van der Waals surface area contributed by atoms with E-state index in [2.05, 4.69) is 10.6 Å². The Morgan fingerprint density at radius 3 is 1.09 bits per heavy atom. The monoisotopic (exact) mass is 1390 g/mol. The van der Waals surface area contributed by atoms with Crippen LogP contribution in [-0.2, 0) is 59.0 Å². The first-order valence-electron chi connectivity index (χ1n) is 33.6. The van der Waals surface area contributed by atoms with Gasteiger partial charge in [0.25, 0.3) is 35.4 Å². The highest BCUT2D eigenvalue weighted by molar-refractivity contribution is 6.13. The predicted octanol–water partition coefficient (Wildman–Crippen LogP) is 9.71. The van der Waals surface area contributed by atoms with Gasteiger partial charge in [0.2, 0.25) is 0 Å². The lowest BCUT2D eigenvalue weighted by Gasteiger charge is -2.36. The van der Waals surface area contributed by atoms with Crippen LogP contribution in [0.25, 0.3) is 0 Å². The van der Waals surface area contributed by atoms with E-state index in [-0.39, 0.29) is 116 Å². The number of aliphatic carboxylic acids is 2. The number of phenols is 4. The number of imide groups is 2. The second kappa shape index (κ2) is 30.7. The summed E-state index contributed by atoms with van der Waals surface area (Å²) in [7, 11) is 0. The Balaban J connectivity index is 0.000000205. The number of nitrogens with zero attached hydrogens (tertiary/aromatic N) is 2. The Labute approximate surface area is 583 Å². The van der Waals surface area contributed by atoms with E-state index in [1.807, 2.05) is 0 Å². The number of carbonyl (C=O) groups excluding carboxylic acids is 10. The first-order chi connectivity index (χ1) is 48.9. The van der Waals surface area contributed by atoms with Crippen molar-refractivity contribution in [2.75, 3.05) is 13.1 Å². The molecule has 6 aliphatic rings. The highest BCUT2D eigenvalue weighted by Gasteiger charge is 2.56. The minimum absolute atomic E-state index is 0.0545. The van der Waals surface area contributed by atoms with Gasteiger partial charge in [-0.1, -0.05) is 44.6 Å². The number of ether oxygens (including phenoxy) is 4. The predicted molar refractivity (Wildman–Crippen MR) is 359 cm³/mol. The van der Waals surface area contributed by atoms with Gasteiger partial charge in [-0.2, -0.15) is 0 Å². The first-order valence-corrected chi connectivity index (χ1v) is 33.6. The number of esters is 2. The van der Waals surface area contributed by atoms with Crippen molar-refractivity contribution in [3.05, 3.63) is 189 Å². The minimum Gasteiger partial charge on any atom is -0.508 e. The third-order valence-corrected chi connectivity index (χ3v) is 18.7. The third kappa shape index (κ3) is 15.1. The van der Waals surface area contributed by atoms with Crippen LogP contribution < -0.4 is 20.1 Å². The number of carbonyl (C=O) groups is 12. The number of carboxylic acid groups (broad SMARTS) is 2. The summed E-state index contributed by atoms with van der Waals surface area (Å²) >= 11 is 0. The van der Waals surface area contributed by atoms with Crippen LogP contribution in [0.4, 0.5) is 0 Å². The molecule has 6 amide bonds. The lowest BCUT2D eigenvalue weighted by Crippen LogP contribution is -2.41. The van der Waals surface area contributed by atoms with Crippen molar-refractivity contribution >= 4 is 70.9 Å². The maximum Gasteiger partial charge on any atom is 0.340 e. The summed E-state index contributed by atoms with van der Waals surface area (Å²) in [6.07, 6.45) is 14.0. The number of nitrogens with one attached hydrogen (secondary N) is 2. The molecular weight excluding hydrogens is 1320 g/mol. The number of unbranched alkanes of at least 4 members (excludes halogenated alkanes) is 8. The number of hydrogen-bond donors (Lipinski definition) is 8. The average molecular weight is 1390 g/mol. The number of rotatable bonds is 30. The Hall–Kier alpha value is -12.0. The molecule has 528 valence electrons. The first kappa shape index (κ1) is 71.3. The molecule has 102 heavy (non-hydrogen) atoms. The summed E-state index contributed by atoms with van der Waals surface area (Å²) in [5.41, 5.74) is -0.310. The summed E-state index contributed by atoms with van der Waals surface area (Å²) in [5.74, 6) is -5.84. The molecule has 26 heteroatoms. The number of phenolic OH excluding ortho intramolecular Hbond substituents is 4. The van der Waals surface area contributed by atoms with Crippen molar-refractivity contribution in [3.63, 3.8) is 0 Å². The highest BCUT2D eigenvalue weighted by Crippen LogP contribution is 2.59. The molecule has 2 unspecified atom stereocenters. The maximum atomic E-state index is 13.4. The Morgan fingerprint density at radius 1 is 0.373 bits per heavy atom. The zero-order valence-electron chi connectivity index (χ0n) is 55.1. The summed E-state index contributed by atoms with van der Waals surface area (Å²) in [6.45, 7) is 0.664. The molecule has 0 bridgehead atoms. The number of amides is 6. The molecule has 0 aromatic heterocycles. The van der Waals surface area contributed by atoms with Gasteiger partial charge in [0.05, 0.1) is 11.1 Å². The number of Topliss-reactive ketones (excluding diaryl/α,β-unsaturated/α-hetero) is 2. The second-order valence-corrected chi connectivity index (χ2v) is 25.5. The molecule has 6 aromatic carbocycles. The molecule has 12 rings (SSSR count). The fraction of sp³-hybridized carbons (Fsp3) is 0.316. The van der Waals surface area contributed by atoms with E-state index < -0.39 is 59.0 Å². The van der Waals surface area contributed by atoms with Gasteiger partial charge >= 0.3 is 23.9 Å². The van der Waals surface area contributed by atoms with Gasteiger partial charge in [-0.3, -0.25) is 48.2 Å². The molecule has 0 aliphatic carbocycles. The SMILES string of the molecule is O=C(CCCCCC(NC(=O)c1ccc2c(c1)C(=O)OC21c2ccc(O)cc2Oc2cc(O)ccc21)C(=O)O)CCCCCN1C(=O)C=CC1=O.O=C(CCCCCC(NC(=O)c1ccc2c(c1)C1(OC2=O)c2ccc(O)cc2Oc2cc(O)ccc21)C(=O)O)CCCCCN1C(=O)C=CC1=O. The average Bonchev–Trinajstić information content (AvgIpc) is 1.48. The fourth-order valence-corrected chi connectivity index (χ4v) is 13.5. The van der Waals surface area contributed by atoms with Crippen LogP contribution in [0.3, 0.4) is 0 Å². The molecular formula is C76H72N4O22. The molecule has 0 saturated carbocycles. The van der Waals surface area contributed by atoms with E-state index >= 15 is 0 Å². The fourth-order valence-electron chi connectivity index (χ4n) is 13.5. The van der Waals surface area contributed by atoms with Crippen molar-refractivity contribution in [1.29, 1.82) is 0 Å². The summed E-state index contributed by atoms with van der Waals surface area (Å²) < 4.78 is 24.0. The minimum atomic E-state index is -1.58. The van der Waals surface area contributed by atoms with Crippen LogP contribution in [0, 0.1) is 0 Å². The normalized spacial score (nSPS) is 15.5. The Kier molecular flexibility index (Phi) is 21.4. The topological polar surface area (TPSA) is 394 Å². The zero-order chi connectivity index (χ0) is 72.6. The van der Waals surface area contributed by atoms with Crippen LogP contribution >= 0.6 is 0 Å². The third-order valence-electron chi connectivity index (χ3n) is 18.7. The quantitative estimate of drug-likeness (QED) is 0.0118. The second-order valence-electron chi connectivity index (χ2n) is 25.5. The van der Waals surface area contributed by atoms with E-state index in [4.69, 9.17) is 18.9 Å². The molecule has 26 nitrogen and oxygen atoms in total. The largest absolute Gasteiger partial charge is 0.508 e. The summed E-state index contributed by atoms with van der Waals surface area (Å²) in [5, 5.41) is 65.3. The van der Waals surface area contributed by atoms with Crippen LogP contribution in [-0.4, -0.2) is 136 Å². The Bertz CT molecular complexity index is 4360. The lowest BCUT2D eigenvalue weighted by molar-refractivity contribution is -0.140. The van der Waals surface area contributed by atoms with Crippen LogP contribution in [0.5, 0.6) is 46.0 Å². The molecule has 0 radical (unpaired) electrons. The maximum absolute atomic E-state index is 13.4. The van der Waals surface area contributed by atoms with Gasteiger partial charge < -0.3 is 60.2 Å². The molecule has 2 atom stereocenters. The molecule has 2 spiro atoms. The van der Waals surface area contributed by atoms with Crippen LogP contribution in [0.15, 0.2) is 133 Å². The molecule has 0 fully saturated rings. The number of benzene rings is 6. The summed E-state index contributed by atoms with van der Waals surface area (Å²) in [6, 6.07) is 23.7. The highest BCUT2D eigenvalue weighted by atomic mass is 16.6. The lowest BCUT2D eigenvalue weighted by atomic mass is 9.77. The molecule has 6 aromatic rings. The molecule has 6 heterocycles. The van der Waals surface area contributed by atoms with Crippen molar-refractivity contribution in [2.45, 2.75) is 139 Å². The van der Waals surface area contributed by atoms with Gasteiger partial charge in [0.1, 0.15) is 69.6 Å². The van der Waals surface area contributed by atoms with Crippen LogP contribution in [0.2, 0.25) is 0 Å². The standard InChI is InChI=1S/2C38H36N2O11/c41-23(8-4-2-6-18-40-33(44)16-17-34(40)45)7-3-1-5-9-30(36(47)48)39-35(46)22-10-13-27-26(19-22)37(49)51-38(27)28-14-11-24(42)20-31(28)50-32-21-25(43)12-15-29(32)38;41-23(8-4-2-6-18-40-33(44)16-17-34(40)45)7-3-1-5-9-30(36(47)48)39-35(46)22-10-13-26-29(19-22)38(51-37(26)49)27-14-11-24(42)20-31(27)50-32-21-25(43)12-15-28(32)38/h2*10-17,19-21,30,42-43H,1-9,18H2,(H,39,46)(H,47,48). The zero-order valence-corrected chi connectivity index (χ0v) is 55.1. The van der Waals surface area contributed by atoms with E-state index in [1.54, 1.807) is 30.3 Å². The van der Waals surface area contributed by atoms with Gasteiger partial charge in [0.15, 0.2) is 11.2 Å². The molecule has 8 N–H and O–H groups in total. The van der Waals surface area contributed by atoms with Gasteiger partial charge in [-0.15, -0.1) is 0 Å². The van der Waals surface area contributed by atoms with Crippen molar-refractivity contribution < 1.29 is 107 Å². The number of carboxylic acids is 2. The van der Waals surface area contributed by atoms with Crippen molar-refractivity contribution in [3.8, 4) is 46.0 Å². The smallest absolute Gasteiger partial charge is 0.340 e. The number of aromatic hydroxyl groups is 4. The van der Waals surface area contributed by atoms with Gasteiger partial charge in [0, 0.05) is 132 Å². The van der Waals surface area contributed by atoms with Gasteiger partial charge in [-0.25, -0.2) is 19.2 Å². The molecule has 6 aliphatic heterocycles. The number of fused-ring (bicyclic) bond motifs is 12. The van der Waals surface area contributed by atoms with E-state index in [1.165, 1.54) is 113 Å². The van der Waals surface area contributed by atoms with Crippen LogP contribution in [0.1, 0.15) is 190 Å². The molecule has 0 saturated heterocycles. The number of ketones is 2. The number of hydrogen-bond acceptors (Lipinski definition) is 20. The Morgan fingerprint density at radius 2 is 0.706 bits per heavy atom. The van der Waals surface area contributed by atoms with Crippen molar-refractivity contribution in [1.82, 2.24) is 20.4 Å². The van der Waals surface area contributed by atoms with E-state index in [9.17, 15) is 88.2 Å². The van der Waals surface area contributed by atoms with E-state index in [0.29, 0.717) is 149 Å².